The van der Waals surface area contributed by atoms with E-state index < -0.39 is 0 Å². The second kappa shape index (κ2) is 15.1. The van der Waals surface area contributed by atoms with Gasteiger partial charge in [0.15, 0.2) is 0 Å². The average molecular weight is 576 g/mol. The molecule has 226 valence electrons. The molecular formula is C34H45N3O5. The molecule has 3 aromatic rings. The molecule has 8 heteroatoms. The molecule has 0 spiro atoms. The standard InChI is InChI=1S/C34H45N3O5/c1-26(24-38-2)42-32-14-8-27(9-15-32)21-29-7-5-4-6-16-37(29)33-22-30(36-17-19-40-20-18-36)23-34(35-33)41-25-28-10-12-31(39-3)13-11-28/h8-15,22-23,26,29H,4-7,16-21,24-25H2,1-3H3/t26-,29?/m1/s1. The minimum atomic E-state index is 0.0177. The van der Waals surface area contributed by atoms with Gasteiger partial charge in [-0.25, -0.2) is 0 Å². The largest absolute Gasteiger partial charge is 0.497 e. The molecule has 0 aliphatic carbocycles. The van der Waals surface area contributed by atoms with E-state index in [-0.39, 0.29) is 6.10 Å². The number of pyridine rings is 1. The van der Waals surface area contributed by atoms with Crippen molar-refractivity contribution in [3.63, 3.8) is 0 Å². The number of morpholine rings is 1. The lowest BCUT2D eigenvalue weighted by Crippen LogP contribution is -2.38. The van der Waals surface area contributed by atoms with Crippen LogP contribution in [0.5, 0.6) is 17.4 Å². The van der Waals surface area contributed by atoms with E-state index in [9.17, 15) is 0 Å². The molecule has 2 fully saturated rings. The zero-order valence-corrected chi connectivity index (χ0v) is 25.3. The molecule has 5 rings (SSSR count). The SMILES string of the molecule is COC[C@@H](C)Oc1ccc(CC2CCCCCN2c2cc(N3CCOCC3)cc(OCc3ccc(OC)cc3)n2)cc1. The van der Waals surface area contributed by atoms with E-state index in [0.29, 0.717) is 25.1 Å². The lowest BCUT2D eigenvalue weighted by molar-refractivity contribution is 0.0921. The molecule has 2 aromatic carbocycles. The molecule has 0 amide bonds. The summed E-state index contributed by atoms with van der Waals surface area (Å²) in [6.07, 6.45) is 5.73. The first-order valence-electron chi connectivity index (χ1n) is 15.2. The molecule has 2 aliphatic heterocycles. The van der Waals surface area contributed by atoms with E-state index >= 15 is 0 Å². The minimum absolute atomic E-state index is 0.0177. The van der Waals surface area contributed by atoms with Crippen LogP contribution in [0.15, 0.2) is 60.7 Å². The Morgan fingerprint density at radius 1 is 0.881 bits per heavy atom. The van der Waals surface area contributed by atoms with Crippen molar-refractivity contribution >= 4 is 11.5 Å². The van der Waals surface area contributed by atoms with E-state index in [4.69, 9.17) is 28.7 Å². The zero-order valence-electron chi connectivity index (χ0n) is 25.3. The molecule has 2 aliphatic rings. The van der Waals surface area contributed by atoms with Gasteiger partial charge in [-0.2, -0.15) is 4.98 Å². The van der Waals surface area contributed by atoms with Crippen LogP contribution < -0.4 is 24.0 Å². The van der Waals surface area contributed by atoms with E-state index in [1.807, 2.05) is 31.2 Å². The van der Waals surface area contributed by atoms with Gasteiger partial charge in [-0.05, 0) is 61.6 Å². The predicted molar refractivity (Wildman–Crippen MR) is 166 cm³/mol. The van der Waals surface area contributed by atoms with Crippen molar-refractivity contribution in [1.29, 1.82) is 0 Å². The Morgan fingerprint density at radius 2 is 1.62 bits per heavy atom. The molecule has 8 nitrogen and oxygen atoms in total. The summed E-state index contributed by atoms with van der Waals surface area (Å²) in [5.41, 5.74) is 3.52. The first kappa shape index (κ1) is 30.0. The zero-order chi connectivity index (χ0) is 29.1. The van der Waals surface area contributed by atoms with Gasteiger partial charge in [0.2, 0.25) is 5.88 Å². The maximum absolute atomic E-state index is 6.32. The molecule has 0 saturated carbocycles. The third-order valence-electron chi connectivity index (χ3n) is 8.00. The van der Waals surface area contributed by atoms with Gasteiger partial charge in [-0.1, -0.05) is 37.1 Å². The topological polar surface area (TPSA) is 65.5 Å². The highest BCUT2D eigenvalue weighted by Gasteiger charge is 2.25. The van der Waals surface area contributed by atoms with Crippen LogP contribution in [0.4, 0.5) is 11.5 Å². The highest BCUT2D eigenvalue weighted by atomic mass is 16.5. The van der Waals surface area contributed by atoms with Crippen LogP contribution >= 0.6 is 0 Å². The molecule has 0 radical (unpaired) electrons. The Bertz CT molecular complexity index is 1230. The summed E-state index contributed by atoms with van der Waals surface area (Å²) in [5, 5.41) is 0. The highest BCUT2D eigenvalue weighted by Crippen LogP contribution is 2.32. The number of methoxy groups -OCH3 is 2. The number of rotatable bonds is 12. The van der Waals surface area contributed by atoms with Gasteiger partial charge in [0.1, 0.15) is 30.0 Å². The Morgan fingerprint density at radius 3 is 2.36 bits per heavy atom. The second-order valence-corrected chi connectivity index (χ2v) is 11.2. The quantitative estimate of drug-likeness (QED) is 0.264. The maximum Gasteiger partial charge on any atom is 0.217 e. The third kappa shape index (κ3) is 8.29. The lowest BCUT2D eigenvalue weighted by atomic mass is 10.0. The first-order valence-corrected chi connectivity index (χ1v) is 15.2. The van der Waals surface area contributed by atoms with Crippen molar-refractivity contribution < 1.29 is 23.7 Å². The van der Waals surface area contributed by atoms with E-state index in [2.05, 4.69) is 46.2 Å². The fourth-order valence-corrected chi connectivity index (χ4v) is 5.75. The Hall–Kier alpha value is -3.49. The Balaban J connectivity index is 1.36. The van der Waals surface area contributed by atoms with Crippen LogP contribution in [-0.2, 0) is 22.5 Å². The number of aromatic nitrogens is 1. The molecule has 2 atom stereocenters. The van der Waals surface area contributed by atoms with Gasteiger partial charge in [0, 0.05) is 50.6 Å². The molecule has 3 heterocycles. The van der Waals surface area contributed by atoms with E-state index in [1.54, 1.807) is 14.2 Å². The molecule has 0 bridgehead atoms. The van der Waals surface area contributed by atoms with Gasteiger partial charge < -0.3 is 33.5 Å². The summed E-state index contributed by atoms with van der Waals surface area (Å²) in [6, 6.07) is 21.2. The van der Waals surface area contributed by atoms with Crippen LogP contribution in [0, 0.1) is 0 Å². The highest BCUT2D eigenvalue weighted by molar-refractivity contribution is 5.59. The number of hydrogen-bond donors (Lipinski definition) is 0. The lowest BCUT2D eigenvalue weighted by Gasteiger charge is -2.34. The summed E-state index contributed by atoms with van der Waals surface area (Å²) < 4.78 is 28.5. The van der Waals surface area contributed by atoms with Crippen LogP contribution in [0.3, 0.4) is 0 Å². The molecule has 1 unspecified atom stereocenters. The number of nitrogens with zero attached hydrogens (tertiary/aromatic N) is 3. The maximum atomic E-state index is 6.32. The summed E-state index contributed by atoms with van der Waals surface area (Å²) in [5.74, 6) is 3.35. The van der Waals surface area contributed by atoms with E-state index in [1.165, 1.54) is 18.4 Å². The number of ether oxygens (including phenoxy) is 5. The number of hydrogen-bond acceptors (Lipinski definition) is 8. The fourth-order valence-electron chi connectivity index (χ4n) is 5.75. The smallest absolute Gasteiger partial charge is 0.217 e. The molecule has 0 N–H and O–H groups in total. The van der Waals surface area contributed by atoms with Gasteiger partial charge >= 0.3 is 0 Å². The van der Waals surface area contributed by atoms with Crippen molar-refractivity contribution in [3.8, 4) is 17.4 Å². The van der Waals surface area contributed by atoms with Crippen molar-refractivity contribution in [3.05, 3.63) is 71.8 Å². The van der Waals surface area contributed by atoms with Gasteiger partial charge in [0.25, 0.3) is 0 Å². The summed E-state index contributed by atoms with van der Waals surface area (Å²) in [6.45, 7) is 7.22. The Labute approximate surface area is 250 Å². The van der Waals surface area contributed by atoms with Gasteiger partial charge in [-0.3, -0.25) is 0 Å². The van der Waals surface area contributed by atoms with E-state index in [0.717, 1.165) is 80.7 Å². The average Bonchev–Trinajstić information content (AvgIpc) is 3.27. The minimum Gasteiger partial charge on any atom is -0.497 e. The van der Waals surface area contributed by atoms with Crippen molar-refractivity contribution in [2.45, 2.75) is 57.8 Å². The predicted octanol–water partition coefficient (Wildman–Crippen LogP) is 5.91. The third-order valence-corrected chi connectivity index (χ3v) is 8.00. The molecule has 1 aromatic heterocycles. The van der Waals surface area contributed by atoms with Crippen molar-refractivity contribution in [1.82, 2.24) is 4.98 Å². The number of benzene rings is 2. The molecule has 42 heavy (non-hydrogen) atoms. The van der Waals surface area contributed by atoms with Crippen LogP contribution in [0.25, 0.3) is 0 Å². The van der Waals surface area contributed by atoms with Gasteiger partial charge in [0.05, 0.1) is 26.9 Å². The molecule has 2 saturated heterocycles. The van der Waals surface area contributed by atoms with Crippen molar-refractivity contribution in [2.75, 3.05) is 63.5 Å². The van der Waals surface area contributed by atoms with Crippen molar-refractivity contribution in [2.24, 2.45) is 0 Å². The normalized spacial score (nSPS) is 18.3. The van der Waals surface area contributed by atoms with Crippen LogP contribution in [0.1, 0.15) is 43.7 Å². The first-order chi connectivity index (χ1) is 20.6. The number of anilines is 2. The summed E-state index contributed by atoms with van der Waals surface area (Å²) in [4.78, 5) is 9.98. The van der Waals surface area contributed by atoms with Crippen LogP contribution in [-0.4, -0.2) is 70.8 Å². The van der Waals surface area contributed by atoms with Gasteiger partial charge in [-0.15, -0.1) is 0 Å². The molecular weight excluding hydrogens is 530 g/mol. The van der Waals surface area contributed by atoms with Crippen LogP contribution in [0.2, 0.25) is 0 Å². The Kier molecular flexibility index (Phi) is 10.8. The monoisotopic (exact) mass is 575 g/mol. The fraction of sp³-hybridized carbons (Fsp3) is 0.500. The second-order valence-electron chi connectivity index (χ2n) is 11.2. The summed E-state index contributed by atoms with van der Waals surface area (Å²) in [7, 11) is 3.38. The summed E-state index contributed by atoms with van der Waals surface area (Å²) >= 11 is 0.